The van der Waals surface area contributed by atoms with Crippen LogP contribution in [0.25, 0.3) is 33.2 Å². The lowest BCUT2D eigenvalue weighted by molar-refractivity contribution is -0.147. The van der Waals surface area contributed by atoms with Crippen LogP contribution >= 0.6 is 11.6 Å². The molecule has 0 fully saturated rings. The maximum Gasteiger partial charge on any atom is 0.311 e. The number of rotatable bonds is 8. The first-order valence-electron chi connectivity index (χ1n) is 12.5. The van der Waals surface area contributed by atoms with Crippen molar-refractivity contribution in [1.82, 2.24) is 5.16 Å². The van der Waals surface area contributed by atoms with E-state index in [4.69, 9.17) is 26.0 Å². The van der Waals surface area contributed by atoms with E-state index in [9.17, 15) is 9.59 Å². The van der Waals surface area contributed by atoms with E-state index in [-0.39, 0.29) is 12.8 Å². The molecular weight excluding hydrogens is 514 g/mol. The van der Waals surface area contributed by atoms with Gasteiger partial charge in [0, 0.05) is 21.7 Å². The quantitative estimate of drug-likeness (QED) is 0.204. The maximum absolute atomic E-state index is 12.8. The average molecular weight is 540 g/mol. The summed E-state index contributed by atoms with van der Waals surface area (Å²) in [5, 5.41) is 15.7. The van der Waals surface area contributed by atoms with Crippen LogP contribution in [0.5, 0.6) is 0 Å². The Balaban J connectivity index is 1.35. The van der Waals surface area contributed by atoms with Crippen LogP contribution in [0.1, 0.15) is 35.4 Å². The fraction of sp³-hybridized carbons (Fsp3) is 0.156. The highest BCUT2D eigenvalue weighted by atomic mass is 35.5. The van der Waals surface area contributed by atoms with Crippen molar-refractivity contribution in [3.05, 3.63) is 112 Å². The van der Waals surface area contributed by atoms with E-state index in [1.807, 2.05) is 79.7 Å². The smallest absolute Gasteiger partial charge is 0.311 e. The molecule has 0 spiro atoms. The monoisotopic (exact) mass is 539 g/mol. The second-order valence-electron chi connectivity index (χ2n) is 9.45. The van der Waals surface area contributed by atoms with Gasteiger partial charge in [-0.25, -0.2) is 0 Å². The number of hydrogen-bond donors (Lipinski definition) is 1. The first-order valence-corrected chi connectivity index (χ1v) is 12.9. The van der Waals surface area contributed by atoms with Gasteiger partial charge in [-0.3, -0.25) is 9.59 Å². The summed E-state index contributed by atoms with van der Waals surface area (Å²) >= 11 is 6.25. The fourth-order valence-electron chi connectivity index (χ4n) is 4.63. The standard InChI is InChI=1S/C32H26ClNO5/c1-19-28(18-31(37)38-20(2)27-5-3-4-6-29(27)33)32(39-34-19)26-14-13-24-16-23(11-12-25(24)17-26)22-9-7-21(8-10-22)15-30(35)36/h3-14,16-17,20H,15,18H2,1-2H3,(H,35,36). The lowest BCUT2D eigenvalue weighted by Gasteiger charge is -2.15. The molecule has 1 N–H and O–H groups in total. The SMILES string of the molecule is Cc1noc(-c2ccc3cc(-c4ccc(CC(=O)O)cc4)ccc3c2)c1CC(=O)OC(C)c1ccccc1Cl. The lowest BCUT2D eigenvalue weighted by atomic mass is 9.97. The first kappa shape index (κ1) is 26.2. The van der Waals surface area contributed by atoms with E-state index in [0.29, 0.717) is 22.0 Å². The van der Waals surface area contributed by atoms with E-state index in [0.717, 1.165) is 38.6 Å². The fourth-order valence-corrected chi connectivity index (χ4v) is 4.92. The molecule has 1 atom stereocenters. The van der Waals surface area contributed by atoms with Gasteiger partial charge in [0.05, 0.1) is 18.5 Å². The summed E-state index contributed by atoms with van der Waals surface area (Å²) in [7, 11) is 0. The molecule has 0 bridgehead atoms. The summed E-state index contributed by atoms with van der Waals surface area (Å²) in [5.41, 5.74) is 5.68. The third-order valence-corrected chi connectivity index (χ3v) is 7.05. The minimum atomic E-state index is -0.849. The Morgan fingerprint density at radius 2 is 1.54 bits per heavy atom. The Labute approximate surface area is 230 Å². The molecule has 5 aromatic rings. The molecule has 1 heterocycles. The highest BCUT2D eigenvalue weighted by Gasteiger charge is 2.21. The normalized spacial score (nSPS) is 11.9. The summed E-state index contributed by atoms with van der Waals surface area (Å²) in [6, 6.07) is 26.9. The Kier molecular flexibility index (Phi) is 7.48. The van der Waals surface area contributed by atoms with Crippen LogP contribution in [0.4, 0.5) is 0 Å². The molecule has 0 saturated carbocycles. The van der Waals surface area contributed by atoms with Gasteiger partial charge in [0.2, 0.25) is 0 Å². The molecule has 0 aliphatic carbocycles. The molecule has 6 nitrogen and oxygen atoms in total. The number of benzene rings is 4. The number of aromatic nitrogens is 1. The zero-order valence-electron chi connectivity index (χ0n) is 21.5. The number of esters is 1. The van der Waals surface area contributed by atoms with Gasteiger partial charge in [-0.05, 0) is 59.5 Å². The predicted octanol–water partition coefficient (Wildman–Crippen LogP) is 7.60. The van der Waals surface area contributed by atoms with Crippen LogP contribution in [0.2, 0.25) is 5.02 Å². The number of carboxylic acids is 1. The molecule has 7 heteroatoms. The number of halogens is 1. The molecule has 1 unspecified atom stereocenters. The van der Waals surface area contributed by atoms with Crippen LogP contribution in [-0.4, -0.2) is 22.2 Å². The van der Waals surface area contributed by atoms with Gasteiger partial charge in [-0.1, -0.05) is 83.5 Å². The molecule has 0 aliphatic rings. The van der Waals surface area contributed by atoms with E-state index >= 15 is 0 Å². The van der Waals surface area contributed by atoms with Crippen molar-refractivity contribution < 1.29 is 24.0 Å². The Hall–Kier alpha value is -4.42. The number of nitrogens with zero attached hydrogens (tertiary/aromatic N) is 1. The summed E-state index contributed by atoms with van der Waals surface area (Å²) in [6.07, 6.45) is -0.464. The van der Waals surface area contributed by atoms with Gasteiger partial charge in [0.15, 0.2) is 5.76 Å². The van der Waals surface area contributed by atoms with Crippen molar-refractivity contribution in [1.29, 1.82) is 0 Å². The third kappa shape index (κ3) is 5.86. The van der Waals surface area contributed by atoms with Gasteiger partial charge in [0.25, 0.3) is 0 Å². The molecule has 39 heavy (non-hydrogen) atoms. The predicted molar refractivity (Wildman–Crippen MR) is 151 cm³/mol. The minimum Gasteiger partial charge on any atom is -0.481 e. The second-order valence-corrected chi connectivity index (χ2v) is 9.86. The van der Waals surface area contributed by atoms with Crippen molar-refractivity contribution in [3.8, 4) is 22.5 Å². The van der Waals surface area contributed by atoms with E-state index in [2.05, 4.69) is 11.2 Å². The van der Waals surface area contributed by atoms with Gasteiger partial charge < -0.3 is 14.4 Å². The number of fused-ring (bicyclic) bond motifs is 1. The van der Waals surface area contributed by atoms with E-state index < -0.39 is 18.0 Å². The van der Waals surface area contributed by atoms with Crippen LogP contribution in [-0.2, 0) is 27.2 Å². The average Bonchev–Trinajstić information content (AvgIpc) is 3.28. The van der Waals surface area contributed by atoms with Crippen molar-refractivity contribution in [2.24, 2.45) is 0 Å². The topological polar surface area (TPSA) is 89.6 Å². The number of aliphatic carboxylic acids is 1. The summed E-state index contributed by atoms with van der Waals surface area (Å²) in [4.78, 5) is 23.8. The third-order valence-electron chi connectivity index (χ3n) is 6.70. The molecule has 1 aromatic heterocycles. The molecule has 0 aliphatic heterocycles. The van der Waals surface area contributed by atoms with Crippen LogP contribution in [0.3, 0.4) is 0 Å². The van der Waals surface area contributed by atoms with Gasteiger partial charge in [-0.2, -0.15) is 0 Å². The number of ether oxygens (including phenoxy) is 1. The van der Waals surface area contributed by atoms with E-state index in [1.165, 1.54) is 0 Å². The summed E-state index contributed by atoms with van der Waals surface area (Å²) in [6.45, 7) is 3.60. The molecule has 0 saturated heterocycles. The molecule has 5 rings (SSSR count). The number of hydrogen-bond acceptors (Lipinski definition) is 5. The maximum atomic E-state index is 12.8. The van der Waals surface area contributed by atoms with Crippen molar-refractivity contribution in [3.63, 3.8) is 0 Å². The van der Waals surface area contributed by atoms with Gasteiger partial charge in [0.1, 0.15) is 6.10 Å². The summed E-state index contributed by atoms with van der Waals surface area (Å²) < 4.78 is 11.3. The van der Waals surface area contributed by atoms with E-state index in [1.54, 1.807) is 13.0 Å². The number of carboxylic acid groups (broad SMARTS) is 1. The number of aryl methyl sites for hydroxylation is 1. The molecule has 4 aromatic carbocycles. The second kappa shape index (κ2) is 11.1. The highest BCUT2D eigenvalue weighted by molar-refractivity contribution is 6.31. The van der Waals surface area contributed by atoms with Crippen molar-refractivity contribution in [2.45, 2.75) is 32.8 Å². The van der Waals surface area contributed by atoms with Crippen molar-refractivity contribution >= 4 is 34.3 Å². The Bertz CT molecular complexity index is 1670. The minimum absolute atomic E-state index is 0.00199. The first-order chi connectivity index (χ1) is 18.8. The van der Waals surface area contributed by atoms with Crippen LogP contribution in [0.15, 0.2) is 89.5 Å². The Morgan fingerprint density at radius 3 is 2.23 bits per heavy atom. The molecule has 0 radical (unpaired) electrons. The van der Waals surface area contributed by atoms with Crippen molar-refractivity contribution in [2.75, 3.05) is 0 Å². The zero-order valence-corrected chi connectivity index (χ0v) is 22.2. The molecular formula is C32H26ClNO5. The number of carbonyl (C=O) groups excluding carboxylic acids is 1. The highest BCUT2D eigenvalue weighted by Crippen LogP contribution is 2.32. The Morgan fingerprint density at radius 1 is 0.897 bits per heavy atom. The molecule has 196 valence electrons. The summed E-state index contributed by atoms with van der Waals surface area (Å²) in [5.74, 6) is -0.706. The lowest BCUT2D eigenvalue weighted by Crippen LogP contribution is -2.12. The van der Waals surface area contributed by atoms with Gasteiger partial charge in [-0.15, -0.1) is 0 Å². The molecule has 0 amide bonds. The van der Waals surface area contributed by atoms with Crippen LogP contribution < -0.4 is 0 Å². The van der Waals surface area contributed by atoms with Crippen LogP contribution in [0, 0.1) is 6.92 Å². The van der Waals surface area contributed by atoms with Gasteiger partial charge >= 0.3 is 11.9 Å². The largest absolute Gasteiger partial charge is 0.481 e. The number of carbonyl (C=O) groups is 2. The zero-order chi connectivity index (χ0) is 27.5.